The standard InChI is InChI=1S/C19H16ClNO2/c1-11-4-7-14(8-5-11)16-17(20)19(23)21(18(16)22)15-9-6-12(2)10-13(15)3/h4-10H,1-3H3. The summed E-state index contributed by atoms with van der Waals surface area (Å²) in [6.07, 6.45) is 0. The average Bonchev–Trinajstić information content (AvgIpc) is 2.72. The van der Waals surface area contributed by atoms with Crippen molar-refractivity contribution < 1.29 is 9.59 Å². The lowest BCUT2D eigenvalue weighted by molar-refractivity contribution is -0.119. The number of benzene rings is 2. The number of rotatable bonds is 2. The van der Waals surface area contributed by atoms with Gasteiger partial charge in [0.1, 0.15) is 5.03 Å². The quantitative estimate of drug-likeness (QED) is 0.778. The third kappa shape index (κ3) is 2.57. The first-order chi connectivity index (χ1) is 10.9. The molecule has 0 N–H and O–H groups in total. The summed E-state index contributed by atoms with van der Waals surface area (Å²) in [6, 6.07) is 13.0. The molecule has 0 spiro atoms. The second-order valence-electron chi connectivity index (χ2n) is 5.79. The molecule has 0 aliphatic carbocycles. The minimum Gasteiger partial charge on any atom is -0.268 e. The lowest BCUT2D eigenvalue weighted by Crippen LogP contribution is -2.31. The first-order valence-corrected chi connectivity index (χ1v) is 7.71. The Balaban J connectivity index is 2.07. The topological polar surface area (TPSA) is 37.4 Å². The molecule has 3 rings (SSSR count). The monoisotopic (exact) mass is 325 g/mol. The highest BCUT2D eigenvalue weighted by molar-refractivity contribution is 6.60. The summed E-state index contributed by atoms with van der Waals surface area (Å²) in [5.41, 5.74) is 4.51. The molecule has 0 saturated carbocycles. The van der Waals surface area contributed by atoms with Gasteiger partial charge in [-0.05, 0) is 38.0 Å². The normalized spacial score (nSPS) is 14.9. The van der Waals surface area contributed by atoms with Gasteiger partial charge in [-0.25, -0.2) is 4.90 Å². The van der Waals surface area contributed by atoms with Crippen molar-refractivity contribution in [2.24, 2.45) is 0 Å². The molecular formula is C19H16ClNO2. The first kappa shape index (κ1) is 15.5. The van der Waals surface area contributed by atoms with Crippen LogP contribution in [0.25, 0.3) is 5.57 Å². The van der Waals surface area contributed by atoms with Gasteiger partial charge in [-0.3, -0.25) is 9.59 Å². The van der Waals surface area contributed by atoms with E-state index in [2.05, 4.69) is 0 Å². The van der Waals surface area contributed by atoms with Gasteiger partial charge in [-0.15, -0.1) is 0 Å². The van der Waals surface area contributed by atoms with E-state index in [-0.39, 0.29) is 16.5 Å². The van der Waals surface area contributed by atoms with Crippen molar-refractivity contribution in [3.05, 3.63) is 69.8 Å². The van der Waals surface area contributed by atoms with E-state index in [0.29, 0.717) is 11.3 Å². The van der Waals surface area contributed by atoms with Crippen LogP contribution >= 0.6 is 11.6 Å². The summed E-state index contributed by atoms with van der Waals surface area (Å²) in [5, 5.41) is -0.0289. The van der Waals surface area contributed by atoms with Crippen LogP contribution in [0.1, 0.15) is 22.3 Å². The molecule has 116 valence electrons. The molecule has 0 radical (unpaired) electrons. The Hall–Kier alpha value is -2.39. The Morgan fingerprint density at radius 1 is 0.826 bits per heavy atom. The van der Waals surface area contributed by atoms with Crippen LogP contribution in [0.3, 0.4) is 0 Å². The number of imide groups is 1. The van der Waals surface area contributed by atoms with Gasteiger partial charge >= 0.3 is 0 Å². The molecule has 1 aliphatic rings. The third-order valence-corrected chi connectivity index (χ3v) is 4.31. The fourth-order valence-corrected chi connectivity index (χ4v) is 3.02. The van der Waals surface area contributed by atoms with Crippen LogP contribution in [-0.4, -0.2) is 11.8 Å². The van der Waals surface area contributed by atoms with Gasteiger partial charge in [0.15, 0.2) is 0 Å². The van der Waals surface area contributed by atoms with Crippen LogP contribution in [0.4, 0.5) is 5.69 Å². The van der Waals surface area contributed by atoms with Crippen LogP contribution in [-0.2, 0) is 9.59 Å². The average molecular weight is 326 g/mol. The number of anilines is 1. The summed E-state index contributed by atoms with van der Waals surface area (Å²) in [4.78, 5) is 26.5. The summed E-state index contributed by atoms with van der Waals surface area (Å²) < 4.78 is 0. The predicted molar refractivity (Wildman–Crippen MR) is 92.4 cm³/mol. The molecule has 0 unspecified atom stereocenters. The van der Waals surface area contributed by atoms with E-state index in [1.54, 1.807) is 6.07 Å². The lowest BCUT2D eigenvalue weighted by Gasteiger charge is -2.17. The molecule has 2 amide bonds. The zero-order valence-electron chi connectivity index (χ0n) is 13.2. The molecule has 3 nitrogen and oxygen atoms in total. The molecule has 4 heteroatoms. The zero-order valence-corrected chi connectivity index (χ0v) is 13.9. The van der Waals surface area contributed by atoms with Crippen LogP contribution in [0, 0.1) is 20.8 Å². The van der Waals surface area contributed by atoms with Gasteiger partial charge < -0.3 is 0 Å². The van der Waals surface area contributed by atoms with E-state index in [1.807, 2.05) is 57.2 Å². The molecule has 0 fully saturated rings. The third-order valence-electron chi connectivity index (χ3n) is 3.96. The predicted octanol–water partition coefficient (Wildman–Crippen LogP) is 4.14. The van der Waals surface area contributed by atoms with E-state index >= 15 is 0 Å². The van der Waals surface area contributed by atoms with Crippen LogP contribution < -0.4 is 4.90 Å². The highest BCUT2D eigenvalue weighted by atomic mass is 35.5. The molecule has 1 aliphatic heterocycles. The summed E-state index contributed by atoms with van der Waals surface area (Å²) in [6.45, 7) is 5.80. The molecule has 23 heavy (non-hydrogen) atoms. The van der Waals surface area contributed by atoms with E-state index in [9.17, 15) is 9.59 Å². The smallest absolute Gasteiger partial charge is 0.268 e. The SMILES string of the molecule is Cc1ccc(C2=C(Cl)C(=O)N(c3ccc(C)cc3C)C2=O)cc1. The van der Waals surface area contributed by atoms with E-state index in [1.165, 1.54) is 0 Å². The Labute approximate surface area is 140 Å². The maximum Gasteiger partial charge on any atom is 0.277 e. The van der Waals surface area contributed by atoms with Crippen molar-refractivity contribution in [1.29, 1.82) is 0 Å². The number of carbonyl (C=O) groups is 2. The van der Waals surface area contributed by atoms with Crippen molar-refractivity contribution in [1.82, 2.24) is 0 Å². The van der Waals surface area contributed by atoms with Crippen molar-refractivity contribution >= 4 is 34.7 Å². The van der Waals surface area contributed by atoms with Crippen molar-refractivity contribution in [2.45, 2.75) is 20.8 Å². The van der Waals surface area contributed by atoms with Crippen molar-refractivity contribution in [2.75, 3.05) is 4.90 Å². The number of hydrogen-bond acceptors (Lipinski definition) is 2. The Morgan fingerprint density at radius 3 is 2.04 bits per heavy atom. The summed E-state index contributed by atoms with van der Waals surface area (Å²) in [5.74, 6) is -0.852. The van der Waals surface area contributed by atoms with Gasteiger partial charge in [0.05, 0.1) is 11.3 Å². The molecule has 2 aromatic rings. The Kier molecular flexibility index (Phi) is 3.82. The second kappa shape index (κ2) is 5.67. The highest BCUT2D eigenvalue weighted by Crippen LogP contribution is 2.36. The first-order valence-electron chi connectivity index (χ1n) is 7.33. The van der Waals surface area contributed by atoms with Gasteiger partial charge in [0.25, 0.3) is 11.8 Å². The number of nitrogens with zero attached hydrogens (tertiary/aromatic N) is 1. The van der Waals surface area contributed by atoms with Crippen LogP contribution in [0.2, 0.25) is 0 Å². The molecule has 0 bridgehead atoms. The minimum atomic E-state index is -0.473. The number of aryl methyl sites for hydroxylation is 3. The highest BCUT2D eigenvalue weighted by Gasteiger charge is 2.39. The van der Waals surface area contributed by atoms with Crippen LogP contribution in [0.5, 0.6) is 0 Å². The van der Waals surface area contributed by atoms with E-state index in [0.717, 1.165) is 21.6 Å². The number of amides is 2. The maximum atomic E-state index is 12.8. The fraction of sp³-hybridized carbons (Fsp3) is 0.158. The molecular weight excluding hydrogens is 310 g/mol. The maximum absolute atomic E-state index is 12.8. The fourth-order valence-electron chi connectivity index (χ4n) is 2.75. The molecule has 1 heterocycles. The van der Waals surface area contributed by atoms with Crippen molar-refractivity contribution in [3.63, 3.8) is 0 Å². The second-order valence-corrected chi connectivity index (χ2v) is 6.17. The van der Waals surface area contributed by atoms with Gasteiger partial charge in [-0.2, -0.15) is 0 Å². The van der Waals surface area contributed by atoms with Gasteiger partial charge in [-0.1, -0.05) is 59.1 Å². The summed E-state index contributed by atoms with van der Waals surface area (Å²) in [7, 11) is 0. The largest absolute Gasteiger partial charge is 0.277 e. The van der Waals surface area contributed by atoms with E-state index in [4.69, 9.17) is 11.6 Å². The molecule has 2 aromatic carbocycles. The Bertz CT molecular complexity index is 850. The van der Waals surface area contributed by atoms with Gasteiger partial charge in [0, 0.05) is 0 Å². The van der Waals surface area contributed by atoms with Crippen LogP contribution in [0.15, 0.2) is 47.5 Å². The number of carbonyl (C=O) groups excluding carboxylic acids is 2. The van der Waals surface area contributed by atoms with Gasteiger partial charge in [0.2, 0.25) is 0 Å². The number of hydrogen-bond donors (Lipinski definition) is 0. The molecule has 0 atom stereocenters. The number of halogens is 1. The Morgan fingerprint density at radius 2 is 1.43 bits per heavy atom. The molecule has 0 saturated heterocycles. The van der Waals surface area contributed by atoms with Crippen molar-refractivity contribution in [3.8, 4) is 0 Å². The lowest BCUT2D eigenvalue weighted by atomic mass is 10.0. The van der Waals surface area contributed by atoms with E-state index < -0.39 is 5.91 Å². The minimum absolute atomic E-state index is 0.0289. The zero-order chi connectivity index (χ0) is 16.7. The molecule has 0 aromatic heterocycles. The summed E-state index contributed by atoms with van der Waals surface area (Å²) >= 11 is 6.19.